The summed E-state index contributed by atoms with van der Waals surface area (Å²) < 4.78 is 1.43. The van der Waals surface area contributed by atoms with Gasteiger partial charge in [0, 0.05) is 10.6 Å². The molecule has 0 atom stereocenters. The molecule has 5 nitrogen and oxygen atoms in total. The van der Waals surface area contributed by atoms with Gasteiger partial charge in [0.15, 0.2) is 0 Å². The Bertz CT molecular complexity index is 987. The Kier molecular flexibility index (Phi) is 5.52. The molecule has 0 radical (unpaired) electrons. The summed E-state index contributed by atoms with van der Waals surface area (Å²) in [4.78, 5) is 31.3. The molecule has 0 saturated heterocycles. The maximum atomic E-state index is 12.6. The Balaban J connectivity index is 1.74. The summed E-state index contributed by atoms with van der Waals surface area (Å²) in [6.45, 7) is 5.83. The van der Waals surface area contributed by atoms with Crippen LogP contribution in [0.1, 0.15) is 36.0 Å². The second kappa shape index (κ2) is 7.83. The van der Waals surface area contributed by atoms with Gasteiger partial charge in [-0.3, -0.25) is 14.2 Å². The molecule has 0 aliphatic rings. The topological polar surface area (TPSA) is 64.0 Å². The second-order valence-corrected chi connectivity index (χ2v) is 7.71. The van der Waals surface area contributed by atoms with Crippen LogP contribution in [0.5, 0.6) is 0 Å². The standard InChI is InChI=1S/C20H23N3O2S/c1-4-5-6-15-7-9-16(10-8-15)22-18(24)12-23-14(3)21-19-17(20(23)25)11-13(2)26-19/h7-11H,4-6,12H2,1-3H3,(H,22,24). The van der Waals surface area contributed by atoms with E-state index in [2.05, 4.69) is 17.2 Å². The highest BCUT2D eigenvalue weighted by Crippen LogP contribution is 2.20. The number of aromatic nitrogens is 2. The number of unbranched alkanes of at least 4 members (excludes halogenated alkanes) is 1. The molecular formula is C20H23N3O2S. The van der Waals surface area contributed by atoms with Crippen LogP contribution in [0.25, 0.3) is 10.2 Å². The number of hydrogen-bond donors (Lipinski definition) is 1. The van der Waals surface area contributed by atoms with E-state index in [4.69, 9.17) is 0 Å². The number of carbonyl (C=O) groups excluding carboxylic acids is 1. The highest BCUT2D eigenvalue weighted by Gasteiger charge is 2.13. The molecule has 0 aliphatic heterocycles. The van der Waals surface area contributed by atoms with E-state index in [1.54, 1.807) is 6.92 Å². The summed E-state index contributed by atoms with van der Waals surface area (Å²) in [5.74, 6) is 0.319. The van der Waals surface area contributed by atoms with Crippen molar-refractivity contribution < 1.29 is 4.79 Å². The molecule has 6 heteroatoms. The number of aryl methyl sites for hydroxylation is 3. The van der Waals surface area contributed by atoms with Gasteiger partial charge in [-0.25, -0.2) is 4.98 Å². The Morgan fingerprint density at radius 1 is 1.23 bits per heavy atom. The summed E-state index contributed by atoms with van der Waals surface area (Å²) in [6.07, 6.45) is 3.37. The van der Waals surface area contributed by atoms with Gasteiger partial charge in [-0.05, 0) is 50.5 Å². The quantitative estimate of drug-likeness (QED) is 0.713. The van der Waals surface area contributed by atoms with Gasteiger partial charge in [0.05, 0.1) is 5.39 Å². The zero-order chi connectivity index (χ0) is 18.7. The predicted octanol–water partition coefficient (Wildman–Crippen LogP) is 4.06. The fourth-order valence-electron chi connectivity index (χ4n) is 2.90. The van der Waals surface area contributed by atoms with Crippen LogP contribution in [0.4, 0.5) is 5.69 Å². The maximum absolute atomic E-state index is 12.6. The van der Waals surface area contributed by atoms with E-state index in [1.807, 2.05) is 37.3 Å². The lowest BCUT2D eigenvalue weighted by atomic mass is 10.1. The highest BCUT2D eigenvalue weighted by atomic mass is 32.1. The van der Waals surface area contributed by atoms with Gasteiger partial charge in [0.2, 0.25) is 5.91 Å². The Morgan fingerprint density at radius 2 is 1.96 bits per heavy atom. The van der Waals surface area contributed by atoms with Crippen LogP contribution < -0.4 is 10.9 Å². The number of rotatable bonds is 6. The fraction of sp³-hybridized carbons (Fsp3) is 0.350. The molecule has 0 fully saturated rings. The lowest BCUT2D eigenvalue weighted by Crippen LogP contribution is -2.29. The van der Waals surface area contributed by atoms with E-state index in [-0.39, 0.29) is 18.0 Å². The zero-order valence-corrected chi connectivity index (χ0v) is 16.2. The van der Waals surface area contributed by atoms with E-state index in [9.17, 15) is 9.59 Å². The van der Waals surface area contributed by atoms with Crippen molar-refractivity contribution >= 4 is 33.1 Å². The molecule has 0 bridgehead atoms. The molecule has 1 N–H and O–H groups in total. The van der Waals surface area contributed by atoms with Crippen molar-refractivity contribution in [3.8, 4) is 0 Å². The summed E-state index contributed by atoms with van der Waals surface area (Å²) in [6, 6.07) is 9.71. The summed E-state index contributed by atoms with van der Waals surface area (Å²) in [5, 5.41) is 3.43. The predicted molar refractivity (Wildman–Crippen MR) is 107 cm³/mol. The number of carbonyl (C=O) groups is 1. The molecule has 26 heavy (non-hydrogen) atoms. The zero-order valence-electron chi connectivity index (χ0n) is 15.3. The van der Waals surface area contributed by atoms with Gasteiger partial charge in [-0.2, -0.15) is 0 Å². The molecule has 3 rings (SSSR count). The molecule has 0 aliphatic carbocycles. The van der Waals surface area contributed by atoms with E-state index >= 15 is 0 Å². The van der Waals surface area contributed by atoms with Crippen LogP contribution in [0.2, 0.25) is 0 Å². The first-order valence-corrected chi connectivity index (χ1v) is 9.66. The molecule has 2 heterocycles. The average Bonchev–Trinajstić information content (AvgIpc) is 2.98. The van der Waals surface area contributed by atoms with Crippen molar-refractivity contribution in [2.75, 3.05) is 5.32 Å². The summed E-state index contributed by atoms with van der Waals surface area (Å²) >= 11 is 1.49. The van der Waals surface area contributed by atoms with Gasteiger partial charge in [-0.1, -0.05) is 25.5 Å². The second-order valence-electron chi connectivity index (χ2n) is 6.47. The number of benzene rings is 1. The molecule has 0 saturated carbocycles. The summed E-state index contributed by atoms with van der Waals surface area (Å²) in [5.41, 5.74) is 1.84. The van der Waals surface area contributed by atoms with Crippen molar-refractivity contribution in [2.45, 2.75) is 46.6 Å². The molecule has 2 aromatic heterocycles. The van der Waals surface area contributed by atoms with Gasteiger partial charge in [0.25, 0.3) is 5.56 Å². The van der Waals surface area contributed by atoms with Gasteiger partial charge in [0.1, 0.15) is 17.2 Å². The van der Waals surface area contributed by atoms with Gasteiger partial charge >= 0.3 is 0 Å². The average molecular weight is 369 g/mol. The first-order valence-electron chi connectivity index (χ1n) is 8.84. The first kappa shape index (κ1) is 18.3. The summed E-state index contributed by atoms with van der Waals surface area (Å²) in [7, 11) is 0. The van der Waals surface area contributed by atoms with Crippen LogP contribution >= 0.6 is 11.3 Å². The number of nitrogens with one attached hydrogen (secondary N) is 1. The maximum Gasteiger partial charge on any atom is 0.262 e. The lowest BCUT2D eigenvalue weighted by Gasteiger charge is -2.10. The Labute approximate surface area is 156 Å². The third-order valence-corrected chi connectivity index (χ3v) is 5.27. The van der Waals surface area contributed by atoms with E-state index in [1.165, 1.54) is 21.5 Å². The number of nitrogens with zero attached hydrogens (tertiary/aromatic N) is 2. The molecule has 3 aromatic rings. The number of thiophene rings is 1. The fourth-order valence-corrected chi connectivity index (χ4v) is 3.82. The number of anilines is 1. The van der Waals surface area contributed by atoms with E-state index < -0.39 is 0 Å². The van der Waals surface area contributed by atoms with Crippen LogP contribution in [-0.4, -0.2) is 15.5 Å². The van der Waals surface area contributed by atoms with Crippen molar-refractivity contribution in [2.24, 2.45) is 0 Å². The Hall–Kier alpha value is -2.47. The van der Waals surface area contributed by atoms with E-state index in [0.29, 0.717) is 11.2 Å². The van der Waals surface area contributed by atoms with Crippen LogP contribution in [0, 0.1) is 13.8 Å². The SMILES string of the molecule is CCCCc1ccc(NC(=O)Cn2c(C)nc3sc(C)cc3c2=O)cc1. The Morgan fingerprint density at radius 3 is 2.65 bits per heavy atom. The minimum atomic E-state index is -0.232. The van der Waals surface area contributed by atoms with Crippen LogP contribution in [0.15, 0.2) is 35.1 Å². The van der Waals surface area contributed by atoms with Gasteiger partial charge in [-0.15, -0.1) is 11.3 Å². The van der Waals surface area contributed by atoms with Crippen LogP contribution in [-0.2, 0) is 17.8 Å². The van der Waals surface area contributed by atoms with Crippen molar-refractivity contribution in [3.63, 3.8) is 0 Å². The number of hydrogen-bond acceptors (Lipinski definition) is 4. The molecule has 136 valence electrons. The number of fused-ring (bicyclic) bond motifs is 1. The monoisotopic (exact) mass is 369 g/mol. The normalized spacial score (nSPS) is 11.0. The van der Waals surface area contributed by atoms with Crippen molar-refractivity contribution in [1.82, 2.24) is 9.55 Å². The van der Waals surface area contributed by atoms with Crippen molar-refractivity contribution in [1.29, 1.82) is 0 Å². The highest BCUT2D eigenvalue weighted by molar-refractivity contribution is 7.18. The van der Waals surface area contributed by atoms with Gasteiger partial charge < -0.3 is 5.32 Å². The minimum absolute atomic E-state index is 0.0416. The third kappa shape index (κ3) is 4.02. The van der Waals surface area contributed by atoms with Crippen molar-refractivity contribution in [3.05, 3.63) is 57.0 Å². The first-order chi connectivity index (χ1) is 12.5. The van der Waals surface area contributed by atoms with E-state index in [0.717, 1.165) is 34.7 Å². The minimum Gasteiger partial charge on any atom is -0.325 e. The molecular weight excluding hydrogens is 346 g/mol. The third-order valence-electron chi connectivity index (χ3n) is 4.32. The molecule has 0 spiro atoms. The smallest absolute Gasteiger partial charge is 0.262 e. The number of amides is 1. The molecule has 1 aromatic carbocycles. The van der Waals surface area contributed by atoms with Crippen LogP contribution in [0.3, 0.4) is 0 Å². The molecule has 1 amide bonds. The molecule has 0 unspecified atom stereocenters. The largest absolute Gasteiger partial charge is 0.325 e. The lowest BCUT2D eigenvalue weighted by molar-refractivity contribution is -0.116.